The normalized spacial score (nSPS) is 16.6. The number of nitrogens with zero attached hydrogens (tertiary/aromatic N) is 2. The number of alkyl carbamates (subject to hydrolysis) is 1. The van der Waals surface area contributed by atoms with Crippen LogP contribution in [0.3, 0.4) is 0 Å². The first kappa shape index (κ1) is 33.2. The number of amides is 3. The van der Waals surface area contributed by atoms with Crippen molar-refractivity contribution in [1.29, 1.82) is 0 Å². The summed E-state index contributed by atoms with van der Waals surface area (Å²) in [6, 6.07) is 11.8. The zero-order valence-electron chi connectivity index (χ0n) is 26.6. The van der Waals surface area contributed by atoms with E-state index in [-0.39, 0.29) is 30.6 Å². The predicted molar refractivity (Wildman–Crippen MR) is 166 cm³/mol. The first-order valence-electron chi connectivity index (χ1n) is 15.6. The van der Waals surface area contributed by atoms with E-state index in [0.29, 0.717) is 43.9 Å². The number of piperidine rings is 1. The monoisotopic (exact) mass is 611 g/mol. The highest BCUT2D eigenvalue weighted by Gasteiger charge is 2.30. The van der Waals surface area contributed by atoms with Crippen molar-refractivity contribution in [3.8, 4) is 11.1 Å². The summed E-state index contributed by atoms with van der Waals surface area (Å²) >= 11 is 0. The van der Waals surface area contributed by atoms with Crippen LogP contribution in [0.5, 0.6) is 0 Å². The number of carbonyl (C=O) groups excluding carboxylic acids is 3. The number of hydrogen-bond acceptors (Lipinski definition) is 6. The summed E-state index contributed by atoms with van der Waals surface area (Å²) in [4.78, 5) is 41.3. The van der Waals surface area contributed by atoms with Gasteiger partial charge in [-0.15, -0.1) is 0 Å². The highest BCUT2D eigenvalue weighted by Crippen LogP contribution is 2.25. The van der Waals surface area contributed by atoms with Gasteiger partial charge in [0, 0.05) is 32.6 Å². The molecule has 2 fully saturated rings. The Labute approximate surface area is 260 Å². The van der Waals surface area contributed by atoms with Gasteiger partial charge in [-0.05, 0) is 88.6 Å². The number of ether oxygens (including phenoxy) is 3. The molecule has 2 aromatic carbocycles. The van der Waals surface area contributed by atoms with Crippen LogP contribution < -0.4 is 5.32 Å². The minimum absolute atomic E-state index is 0.0226. The summed E-state index contributed by atoms with van der Waals surface area (Å²) in [6.45, 7) is 11.9. The molecule has 4 rings (SSSR count). The summed E-state index contributed by atoms with van der Waals surface area (Å²) < 4.78 is 32.1. The minimum Gasteiger partial charge on any atom is -0.447 e. The van der Waals surface area contributed by atoms with Crippen molar-refractivity contribution in [3.63, 3.8) is 0 Å². The molecule has 44 heavy (non-hydrogen) atoms. The lowest BCUT2D eigenvalue weighted by Crippen LogP contribution is -2.50. The Balaban J connectivity index is 1.34. The predicted octanol–water partition coefficient (Wildman–Crippen LogP) is 6.08. The van der Waals surface area contributed by atoms with Crippen LogP contribution in [0.2, 0.25) is 0 Å². The van der Waals surface area contributed by atoms with Crippen molar-refractivity contribution in [2.45, 2.75) is 97.2 Å². The van der Waals surface area contributed by atoms with E-state index in [1.54, 1.807) is 36.6 Å². The molecule has 9 nitrogen and oxygen atoms in total. The number of hydrogen-bond donors (Lipinski definition) is 1. The fourth-order valence-corrected chi connectivity index (χ4v) is 5.41. The van der Waals surface area contributed by atoms with Gasteiger partial charge in [-0.2, -0.15) is 0 Å². The highest BCUT2D eigenvalue weighted by atomic mass is 19.1. The second kappa shape index (κ2) is 14.9. The van der Waals surface area contributed by atoms with Crippen molar-refractivity contribution in [2.75, 3.05) is 26.2 Å². The second-order valence-electron chi connectivity index (χ2n) is 12.9. The second-order valence-corrected chi connectivity index (χ2v) is 12.9. The van der Waals surface area contributed by atoms with E-state index in [1.807, 2.05) is 44.2 Å². The molecule has 0 aliphatic carbocycles. The third-order valence-electron chi connectivity index (χ3n) is 7.69. The molecule has 2 aromatic rings. The molecule has 0 radical (unpaired) electrons. The molecule has 2 saturated heterocycles. The molecule has 10 heteroatoms. The molecule has 1 N–H and O–H groups in total. The largest absolute Gasteiger partial charge is 0.447 e. The quantitative estimate of drug-likeness (QED) is 0.369. The Morgan fingerprint density at radius 2 is 1.57 bits per heavy atom. The lowest BCUT2D eigenvalue weighted by molar-refractivity contribution is -0.132. The van der Waals surface area contributed by atoms with Crippen LogP contribution >= 0.6 is 0 Å². The van der Waals surface area contributed by atoms with Gasteiger partial charge in [-0.25, -0.2) is 14.0 Å². The van der Waals surface area contributed by atoms with Crippen molar-refractivity contribution in [3.05, 3.63) is 59.4 Å². The Morgan fingerprint density at radius 1 is 0.932 bits per heavy atom. The SMILES string of the molecule is CC(C)OC(=O)N1CCC(OCc2ccc(-c3ccc(CC(NC(=O)OC(C)(C)C)C(=O)N4CCCC4)c(F)c3)cc2)CC1. The van der Waals surface area contributed by atoms with Gasteiger partial charge in [0.25, 0.3) is 0 Å². The van der Waals surface area contributed by atoms with E-state index in [1.165, 1.54) is 6.07 Å². The van der Waals surface area contributed by atoms with Gasteiger partial charge in [-0.1, -0.05) is 36.4 Å². The molecule has 240 valence electrons. The Bertz CT molecular complexity index is 1280. The molecular formula is C34H46FN3O6. The van der Waals surface area contributed by atoms with Crippen LogP contribution in [0.4, 0.5) is 14.0 Å². The molecule has 3 amide bonds. The number of nitrogens with one attached hydrogen (secondary N) is 1. The van der Waals surface area contributed by atoms with Crippen molar-refractivity contribution in [1.82, 2.24) is 15.1 Å². The maximum Gasteiger partial charge on any atom is 0.410 e. The number of halogens is 1. The molecule has 2 aliphatic rings. The first-order valence-corrected chi connectivity index (χ1v) is 15.6. The fraction of sp³-hybridized carbons (Fsp3) is 0.559. The standard InChI is InChI=1S/C34H46FN3O6/c1-23(2)43-33(41)38-18-14-28(15-19-38)42-22-24-8-10-25(11-9-24)26-12-13-27(29(35)20-26)21-30(31(39)37-16-6-7-17-37)36-32(40)44-34(3,4)5/h8-13,20,23,28,30H,6-7,14-19,21-22H2,1-5H3,(H,36,40). The van der Waals surface area contributed by atoms with Crippen LogP contribution in [0.25, 0.3) is 11.1 Å². The Morgan fingerprint density at radius 3 is 2.16 bits per heavy atom. The van der Waals surface area contributed by atoms with E-state index < -0.39 is 23.6 Å². The number of rotatable bonds is 9. The van der Waals surface area contributed by atoms with Gasteiger partial charge in [-0.3, -0.25) is 4.79 Å². The van der Waals surface area contributed by atoms with E-state index in [2.05, 4.69) is 5.32 Å². The number of carbonyl (C=O) groups is 3. The molecule has 2 heterocycles. The summed E-state index contributed by atoms with van der Waals surface area (Å²) in [5.41, 5.74) is 2.19. The van der Waals surface area contributed by atoms with Gasteiger partial charge >= 0.3 is 12.2 Å². The summed E-state index contributed by atoms with van der Waals surface area (Å²) in [5, 5.41) is 2.67. The van der Waals surface area contributed by atoms with E-state index in [4.69, 9.17) is 14.2 Å². The minimum atomic E-state index is -0.927. The maximum absolute atomic E-state index is 15.4. The lowest BCUT2D eigenvalue weighted by Gasteiger charge is -2.31. The Hall–Kier alpha value is -3.66. The number of benzene rings is 2. The van der Waals surface area contributed by atoms with Crippen molar-refractivity contribution in [2.24, 2.45) is 0 Å². The maximum atomic E-state index is 15.4. The Kier molecular flexibility index (Phi) is 11.2. The third-order valence-corrected chi connectivity index (χ3v) is 7.69. The molecule has 0 bridgehead atoms. The van der Waals surface area contributed by atoms with Gasteiger partial charge in [0.15, 0.2) is 0 Å². The fourth-order valence-electron chi connectivity index (χ4n) is 5.41. The topological polar surface area (TPSA) is 97.4 Å². The molecular weight excluding hydrogens is 565 g/mol. The van der Waals surface area contributed by atoms with E-state index in [0.717, 1.165) is 36.8 Å². The lowest BCUT2D eigenvalue weighted by atomic mass is 9.98. The van der Waals surface area contributed by atoms with Gasteiger partial charge < -0.3 is 29.3 Å². The van der Waals surface area contributed by atoms with Gasteiger partial charge in [0.2, 0.25) is 5.91 Å². The molecule has 2 aliphatic heterocycles. The molecule has 1 atom stereocenters. The molecule has 0 saturated carbocycles. The van der Waals surface area contributed by atoms with Crippen LogP contribution in [-0.4, -0.2) is 77.9 Å². The third kappa shape index (κ3) is 9.67. The molecule has 0 spiro atoms. The number of likely N-dealkylation sites (tertiary alicyclic amines) is 2. The zero-order chi connectivity index (χ0) is 31.9. The highest BCUT2D eigenvalue weighted by molar-refractivity contribution is 5.86. The van der Waals surface area contributed by atoms with Crippen LogP contribution in [0.1, 0.15) is 71.4 Å². The summed E-state index contributed by atoms with van der Waals surface area (Å²) in [6.07, 6.45) is 2.33. The average molecular weight is 612 g/mol. The van der Waals surface area contributed by atoms with Crippen molar-refractivity contribution >= 4 is 18.1 Å². The van der Waals surface area contributed by atoms with Crippen molar-refractivity contribution < 1.29 is 33.0 Å². The summed E-state index contributed by atoms with van der Waals surface area (Å²) in [7, 11) is 0. The summed E-state index contributed by atoms with van der Waals surface area (Å²) in [5.74, 6) is -0.669. The van der Waals surface area contributed by atoms with E-state index in [9.17, 15) is 14.4 Å². The zero-order valence-corrected chi connectivity index (χ0v) is 26.6. The van der Waals surface area contributed by atoms with Gasteiger partial charge in [0.1, 0.15) is 17.5 Å². The van der Waals surface area contributed by atoms with Gasteiger partial charge in [0.05, 0.1) is 18.8 Å². The van der Waals surface area contributed by atoms with Crippen LogP contribution in [-0.2, 0) is 32.0 Å². The van der Waals surface area contributed by atoms with Crippen LogP contribution in [0, 0.1) is 5.82 Å². The average Bonchev–Trinajstić information content (AvgIpc) is 3.51. The smallest absolute Gasteiger partial charge is 0.410 e. The first-order chi connectivity index (χ1) is 20.9. The van der Waals surface area contributed by atoms with Crippen LogP contribution in [0.15, 0.2) is 42.5 Å². The molecule has 0 aromatic heterocycles. The van der Waals surface area contributed by atoms with E-state index >= 15 is 4.39 Å². The molecule has 1 unspecified atom stereocenters.